The van der Waals surface area contributed by atoms with Crippen molar-refractivity contribution >= 4 is 11.8 Å². The lowest BCUT2D eigenvalue weighted by Gasteiger charge is -2.12. The Morgan fingerprint density at radius 3 is 2.35 bits per heavy atom. The number of hydrogen-bond donors (Lipinski definition) is 1. The molecule has 0 aliphatic heterocycles. The SMILES string of the molecule is COc1cccc(-c2cc(=O)[nH]c(SCc3nc(-c4cc(OC)c(OC)c(OC)c4)no3)n2)c1. The topological polar surface area (TPSA) is 122 Å². The van der Waals surface area contributed by atoms with Gasteiger partial charge in [-0.05, 0) is 24.3 Å². The van der Waals surface area contributed by atoms with E-state index in [-0.39, 0.29) is 5.56 Å². The molecule has 0 bridgehead atoms. The van der Waals surface area contributed by atoms with Crippen molar-refractivity contribution in [2.45, 2.75) is 10.9 Å². The van der Waals surface area contributed by atoms with Crippen LogP contribution in [0.3, 0.4) is 0 Å². The number of hydrogen-bond acceptors (Lipinski definition) is 10. The van der Waals surface area contributed by atoms with Crippen LogP contribution in [-0.4, -0.2) is 48.5 Å². The molecule has 34 heavy (non-hydrogen) atoms. The number of ether oxygens (including phenoxy) is 4. The number of H-pyrrole nitrogens is 1. The number of nitrogens with one attached hydrogen (secondary N) is 1. The van der Waals surface area contributed by atoms with Gasteiger partial charge in [0.15, 0.2) is 16.7 Å². The van der Waals surface area contributed by atoms with Gasteiger partial charge < -0.3 is 28.5 Å². The molecule has 1 N–H and O–H groups in total. The number of rotatable bonds is 9. The van der Waals surface area contributed by atoms with E-state index in [9.17, 15) is 4.79 Å². The second-order valence-electron chi connectivity index (χ2n) is 6.88. The molecule has 176 valence electrons. The lowest BCUT2D eigenvalue weighted by atomic mass is 10.1. The van der Waals surface area contributed by atoms with Gasteiger partial charge in [0.05, 0.1) is 39.9 Å². The number of nitrogens with zero attached hydrogens (tertiary/aromatic N) is 3. The van der Waals surface area contributed by atoms with Crippen LogP contribution in [0.2, 0.25) is 0 Å². The maximum atomic E-state index is 12.2. The summed E-state index contributed by atoms with van der Waals surface area (Å²) in [6, 6.07) is 12.3. The smallest absolute Gasteiger partial charge is 0.252 e. The maximum absolute atomic E-state index is 12.2. The van der Waals surface area contributed by atoms with Crippen molar-refractivity contribution in [2.75, 3.05) is 28.4 Å². The summed E-state index contributed by atoms with van der Waals surface area (Å²) in [5.74, 6) is 3.15. The molecule has 0 spiro atoms. The van der Waals surface area contributed by atoms with E-state index in [2.05, 4.69) is 20.1 Å². The van der Waals surface area contributed by atoms with Gasteiger partial charge in [0.1, 0.15) is 5.75 Å². The van der Waals surface area contributed by atoms with Gasteiger partial charge in [0.25, 0.3) is 5.56 Å². The van der Waals surface area contributed by atoms with Gasteiger partial charge in [-0.25, -0.2) is 4.98 Å². The third kappa shape index (κ3) is 4.99. The normalized spacial score (nSPS) is 10.7. The minimum Gasteiger partial charge on any atom is -0.497 e. The Morgan fingerprint density at radius 2 is 1.68 bits per heavy atom. The monoisotopic (exact) mass is 482 g/mol. The summed E-state index contributed by atoms with van der Waals surface area (Å²) < 4.78 is 26.8. The molecular formula is C23H22N4O6S. The van der Waals surface area contributed by atoms with E-state index >= 15 is 0 Å². The fourth-order valence-electron chi connectivity index (χ4n) is 3.20. The first-order chi connectivity index (χ1) is 16.5. The highest BCUT2D eigenvalue weighted by molar-refractivity contribution is 7.98. The van der Waals surface area contributed by atoms with Crippen molar-refractivity contribution in [2.24, 2.45) is 0 Å². The molecule has 0 atom stereocenters. The summed E-state index contributed by atoms with van der Waals surface area (Å²) in [5, 5.41) is 4.48. The Morgan fingerprint density at radius 1 is 0.912 bits per heavy atom. The number of thioether (sulfide) groups is 1. The number of aromatic amines is 1. The molecule has 0 saturated heterocycles. The van der Waals surface area contributed by atoms with E-state index in [1.807, 2.05) is 24.3 Å². The quantitative estimate of drug-likeness (QED) is 0.278. The summed E-state index contributed by atoms with van der Waals surface area (Å²) in [5.41, 5.74) is 1.68. The zero-order valence-electron chi connectivity index (χ0n) is 18.9. The highest BCUT2D eigenvalue weighted by atomic mass is 32.2. The third-order valence-corrected chi connectivity index (χ3v) is 5.67. The minimum atomic E-state index is -0.265. The van der Waals surface area contributed by atoms with Crippen molar-refractivity contribution in [3.63, 3.8) is 0 Å². The minimum absolute atomic E-state index is 0.265. The van der Waals surface area contributed by atoms with Crippen LogP contribution < -0.4 is 24.5 Å². The molecule has 4 aromatic rings. The summed E-state index contributed by atoms with van der Waals surface area (Å²) in [6.45, 7) is 0. The Labute approximate surface area is 199 Å². The van der Waals surface area contributed by atoms with Gasteiger partial charge >= 0.3 is 0 Å². The Bertz CT molecular complexity index is 1330. The molecule has 0 unspecified atom stereocenters. The summed E-state index contributed by atoms with van der Waals surface area (Å²) in [4.78, 5) is 23.9. The van der Waals surface area contributed by atoms with E-state index in [4.69, 9.17) is 23.5 Å². The molecule has 11 heteroatoms. The zero-order valence-corrected chi connectivity index (χ0v) is 19.8. The fraction of sp³-hybridized carbons (Fsp3) is 0.217. The van der Waals surface area contributed by atoms with Crippen LogP contribution in [0, 0.1) is 0 Å². The van der Waals surface area contributed by atoms with Crippen molar-refractivity contribution < 1.29 is 23.5 Å². The lowest BCUT2D eigenvalue weighted by molar-refractivity contribution is 0.324. The molecular weight excluding hydrogens is 460 g/mol. The number of aromatic nitrogens is 4. The first-order valence-electron chi connectivity index (χ1n) is 10.1. The maximum Gasteiger partial charge on any atom is 0.252 e. The molecule has 10 nitrogen and oxygen atoms in total. The van der Waals surface area contributed by atoms with E-state index in [0.29, 0.717) is 56.9 Å². The molecule has 0 amide bonds. The molecule has 0 saturated carbocycles. The zero-order chi connectivity index (χ0) is 24.1. The van der Waals surface area contributed by atoms with E-state index < -0.39 is 0 Å². The van der Waals surface area contributed by atoms with Crippen molar-refractivity contribution in [1.29, 1.82) is 0 Å². The summed E-state index contributed by atoms with van der Waals surface area (Å²) in [7, 11) is 6.19. The summed E-state index contributed by atoms with van der Waals surface area (Å²) >= 11 is 1.27. The average Bonchev–Trinajstić information content (AvgIpc) is 3.35. The van der Waals surface area contributed by atoms with Crippen LogP contribution in [0.5, 0.6) is 23.0 Å². The third-order valence-electron chi connectivity index (χ3n) is 4.81. The van der Waals surface area contributed by atoms with Crippen LogP contribution in [-0.2, 0) is 5.75 Å². The molecule has 0 aliphatic rings. The predicted octanol–water partition coefficient (Wildman–Crippen LogP) is 3.81. The standard InChI is InChI=1S/C23H22N4O6S/c1-29-15-7-5-6-13(8-15)16-11-19(28)25-23(24-16)34-12-20-26-22(27-33-20)14-9-17(30-2)21(32-4)18(10-14)31-3/h5-11H,12H2,1-4H3,(H,24,25,28). The predicted molar refractivity (Wildman–Crippen MR) is 126 cm³/mol. The van der Waals surface area contributed by atoms with Crippen LogP contribution in [0.4, 0.5) is 0 Å². The number of benzene rings is 2. The van der Waals surface area contributed by atoms with Crippen LogP contribution >= 0.6 is 11.8 Å². The highest BCUT2D eigenvalue weighted by Crippen LogP contribution is 2.40. The van der Waals surface area contributed by atoms with Gasteiger partial charge in [-0.2, -0.15) is 4.98 Å². The van der Waals surface area contributed by atoms with Gasteiger partial charge in [0, 0.05) is 17.2 Å². The summed E-state index contributed by atoms with van der Waals surface area (Å²) in [6.07, 6.45) is 0. The van der Waals surface area contributed by atoms with Crippen LogP contribution in [0.15, 0.2) is 56.9 Å². The Kier molecular flexibility index (Phi) is 7.02. The fourth-order valence-corrected chi connectivity index (χ4v) is 3.92. The molecule has 0 radical (unpaired) electrons. The Balaban J connectivity index is 1.54. The van der Waals surface area contributed by atoms with E-state index in [1.54, 1.807) is 19.2 Å². The second-order valence-corrected chi connectivity index (χ2v) is 7.85. The molecule has 2 heterocycles. The van der Waals surface area contributed by atoms with Gasteiger partial charge in [-0.3, -0.25) is 4.79 Å². The molecule has 2 aromatic carbocycles. The first-order valence-corrected chi connectivity index (χ1v) is 11.0. The largest absolute Gasteiger partial charge is 0.497 e. The lowest BCUT2D eigenvalue weighted by Crippen LogP contribution is -2.08. The van der Waals surface area contributed by atoms with Gasteiger partial charge in [-0.15, -0.1) is 0 Å². The molecule has 0 aliphatic carbocycles. The first kappa shape index (κ1) is 23.2. The average molecular weight is 483 g/mol. The molecule has 0 fully saturated rings. The van der Waals surface area contributed by atoms with Crippen LogP contribution in [0.1, 0.15) is 5.89 Å². The highest BCUT2D eigenvalue weighted by Gasteiger charge is 2.18. The van der Waals surface area contributed by atoms with Crippen LogP contribution in [0.25, 0.3) is 22.6 Å². The van der Waals surface area contributed by atoms with Crippen molar-refractivity contribution in [3.05, 3.63) is 58.7 Å². The number of methoxy groups -OCH3 is 4. The van der Waals surface area contributed by atoms with E-state index in [0.717, 1.165) is 5.56 Å². The van der Waals surface area contributed by atoms with Crippen molar-refractivity contribution in [3.8, 4) is 45.6 Å². The Hall–Kier alpha value is -3.99. The van der Waals surface area contributed by atoms with Crippen molar-refractivity contribution in [1.82, 2.24) is 20.1 Å². The molecule has 4 rings (SSSR count). The van der Waals surface area contributed by atoms with Gasteiger partial charge in [-0.1, -0.05) is 29.1 Å². The molecule has 2 aromatic heterocycles. The second kappa shape index (κ2) is 10.3. The van der Waals surface area contributed by atoms with E-state index in [1.165, 1.54) is 39.2 Å². The van der Waals surface area contributed by atoms with Gasteiger partial charge in [0.2, 0.25) is 17.5 Å².